The molecule has 0 unspecified atom stereocenters. The summed E-state index contributed by atoms with van der Waals surface area (Å²) in [6.45, 7) is 7.26. The number of nitrogens with zero attached hydrogens (tertiary/aromatic N) is 2. The Kier molecular flexibility index (Phi) is 3.17. The lowest BCUT2D eigenvalue weighted by molar-refractivity contribution is -0.243. The summed E-state index contributed by atoms with van der Waals surface area (Å²) in [5.74, 6) is 1.01. The maximum absolute atomic E-state index is 8.50. The summed E-state index contributed by atoms with van der Waals surface area (Å²) < 4.78 is 2.10. The molecular weight excluding hydrogens is 216 g/mol. The molecule has 1 aromatic heterocycles. The fourth-order valence-corrected chi connectivity index (χ4v) is 2.01. The van der Waals surface area contributed by atoms with Gasteiger partial charge >= 0.3 is 0 Å². The van der Waals surface area contributed by atoms with Crippen LogP contribution in [0.2, 0.25) is 0 Å². The van der Waals surface area contributed by atoms with E-state index in [9.17, 15) is 0 Å². The van der Waals surface area contributed by atoms with Gasteiger partial charge in [0.25, 0.3) is 0 Å². The summed E-state index contributed by atoms with van der Waals surface area (Å²) >= 11 is 0. The summed E-state index contributed by atoms with van der Waals surface area (Å²) in [5, 5.41) is 8.50. The Bertz CT molecular complexity index is 512. The van der Waals surface area contributed by atoms with E-state index >= 15 is 0 Å². The molecule has 1 N–H and O–H groups in total. The second-order valence-electron chi connectivity index (χ2n) is 5.16. The van der Waals surface area contributed by atoms with Crippen molar-refractivity contribution < 1.29 is 10.1 Å². The van der Waals surface area contributed by atoms with Gasteiger partial charge in [-0.1, -0.05) is 32.9 Å². The summed E-state index contributed by atoms with van der Waals surface area (Å²) in [7, 11) is 0. The first-order valence-corrected chi connectivity index (χ1v) is 5.76. The van der Waals surface area contributed by atoms with Crippen molar-refractivity contribution in [2.24, 2.45) is 0 Å². The van der Waals surface area contributed by atoms with Crippen LogP contribution in [0, 0.1) is 0 Å². The highest BCUT2D eigenvalue weighted by atomic mass is 17.1. The molecule has 92 valence electrons. The van der Waals surface area contributed by atoms with Gasteiger partial charge in [0.2, 0.25) is 0 Å². The van der Waals surface area contributed by atoms with Crippen molar-refractivity contribution in [1.82, 2.24) is 9.55 Å². The van der Waals surface area contributed by atoms with Crippen molar-refractivity contribution >= 4 is 11.0 Å². The Hall–Kier alpha value is -1.39. The molecule has 0 fully saturated rings. The summed E-state index contributed by atoms with van der Waals surface area (Å²) in [5.41, 5.74) is 2.03. The molecule has 2 aromatic rings. The first kappa shape index (κ1) is 12.1. The van der Waals surface area contributed by atoms with Crippen LogP contribution in [0.5, 0.6) is 0 Å². The van der Waals surface area contributed by atoms with Gasteiger partial charge in [0.1, 0.15) is 5.82 Å². The lowest BCUT2D eigenvalue weighted by atomic mass is 9.95. The van der Waals surface area contributed by atoms with Crippen LogP contribution in [0.15, 0.2) is 24.3 Å². The smallest absolute Gasteiger partial charge is 0.115 e. The van der Waals surface area contributed by atoms with E-state index in [4.69, 9.17) is 5.26 Å². The Labute approximate surface area is 101 Å². The molecule has 0 saturated carbocycles. The third-order valence-electron chi connectivity index (χ3n) is 2.73. The number of aromatic nitrogens is 2. The molecule has 0 radical (unpaired) electrons. The summed E-state index contributed by atoms with van der Waals surface area (Å²) in [6.07, 6.45) is 0. The molecule has 0 aliphatic rings. The summed E-state index contributed by atoms with van der Waals surface area (Å²) in [4.78, 5) is 8.85. The number of rotatable bonds is 3. The van der Waals surface area contributed by atoms with E-state index in [1.807, 2.05) is 24.3 Å². The fourth-order valence-electron chi connectivity index (χ4n) is 2.01. The summed E-state index contributed by atoms with van der Waals surface area (Å²) in [6, 6.07) is 8.01. The molecule has 0 aliphatic carbocycles. The second kappa shape index (κ2) is 4.47. The van der Waals surface area contributed by atoms with Crippen LogP contribution in [-0.4, -0.2) is 21.4 Å². The number of fused-ring (bicyclic) bond motifs is 1. The number of benzene rings is 1. The van der Waals surface area contributed by atoms with Gasteiger partial charge in [-0.15, -0.1) is 0 Å². The third kappa shape index (κ3) is 2.33. The zero-order chi connectivity index (χ0) is 12.5. The van der Waals surface area contributed by atoms with E-state index in [1.54, 1.807) is 0 Å². The molecule has 1 heterocycles. The predicted octanol–water partition coefficient (Wildman–Crippen LogP) is 2.82. The second-order valence-corrected chi connectivity index (χ2v) is 5.16. The van der Waals surface area contributed by atoms with Gasteiger partial charge < -0.3 is 4.57 Å². The van der Waals surface area contributed by atoms with Gasteiger partial charge in [-0.05, 0) is 12.1 Å². The maximum atomic E-state index is 8.50. The Morgan fingerprint density at radius 3 is 2.65 bits per heavy atom. The van der Waals surface area contributed by atoms with Crippen molar-refractivity contribution in [3.05, 3.63) is 30.1 Å². The average Bonchev–Trinajstić information content (AvgIpc) is 2.65. The van der Waals surface area contributed by atoms with Gasteiger partial charge in [-0.2, -0.15) is 0 Å². The third-order valence-corrected chi connectivity index (χ3v) is 2.73. The predicted molar refractivity (Wildman–Crippen MR) is 67.0 cm³/mol. The highest BCUT2D eigenvalue weighted by Gasteiger charge is 2.22. The minimum absolute atomic E-state index is 0.0333. The van der Waals surface area contributed by atoms with Crippen LogP contribution in [0.25, 0.3) is 11.0 Å². The minimum Gasteiger partial charge on any atom is -0.325 e. The van der Waals surface area contributed by atoms with Crippen molar-refractivity contribution in [1.29, 1.82) is 0 Å². The molecular formula is C13H18N2O2. The Morgan fingerprint density at radius 1 is 1.29 bits per heavy atom. The van der Waals surface area contributed by atoms with E-state index < -0.39 is 0 Å². The topological polar surface area (TPSA) is 47.3 Å². The van der Waals surface area contributed by atoms with Gasteiger partial charge in [-0.25, -0.2) is 9.87 Å². The number of imidazole rings is 1. The van der Waals surface area contributed by atoms with E-state index in [0.29, 0.717) is 6.54 Å². The van der Waals surface area contributed by atoms with Gasteiger partial charge in [0, 0.05) is 5.41 Å². The number of hydrogen-bond acceptors (Lipinski definition) is 3. The highest BCUT2D eigenvalue weighted by molar-refractivity contribution is 5.76. The van der Waals surface area contributed by atoms with Crippen LogP contribution in [0.1, 0.15) is 26.6 Å². The van der Waals surface area contributed by atoms with Crippen molar-refractivity contribution in [2.45, 2.75) is 32.7 Å². The molecule has 0 atom stereocenters. The first-order chi connectivity index (χ1) is 8.04. The lowest BCUT2D eigenvalue weighted by Gasteiger charge is -2.19. The van der Waals surface area contributed by atoms with Crippen LogP contribution in [0.4, 0.5) is 0 Å². The molecule has 4 nitrogen and oxygen atoms in total. The number of hydrogen-bond donors (Lipinski definition) is 1. The highest BCUT2D eigenvalue weighted by Crippen LogP contribution is 2.26. The zero-order valence-corrected chi connectivity index (χ0v) is 10.5. The monoisotopic (exact) mass is 234 g/mol. The van der Waals surface area contributed by atoms with Crippen LogP contribution in [0.3, 0.4) is 0 Å². The van der Waals surface area contributed by atoms with Crippen LogP contribution >= 0.6 is 0 Å². The normalized spacial score (nSPS) is 12.2. The largest absolute Gasteiger partial charge is 0.325 e. The maximum Gasteiger partial charge on any atom is 0.115 e. The van der Waals surface area contributed by atoms with Crippen molar-refractivity contribution in [3.8, 4) is 0 Å². The standard InChI is InChI=1S/C13H18N2O2/c1-13(2,3)12-14-10-6-4-5-7-11(10)15(12)8-9-17-16/h4-7,16H,8-9H2,1-3H3. The molecule has 17 heavy (non-hydrogen) atoms. The molecule has 0 aliphatic heterocycles. The molecule has 0 saturated heterocycles. The van der Waals surface area contributed by atoms with Crippen molar-refractivity contribution in [3.63, 3.8) is 0 Å². The van der Waals surface area contributed by atoms with E-state index in [0.717, 1.165) is 16.9 Å². The minimum atomic E-state index is -0.0333. The SMILES string of the molecule is CC(C)(C)c1nc2ccccc2n1CCOO. The molecule has 0 amide bonds. The zero-order valence-electron chi connectivity index (χ0n) is 10.5. The first-order valence-electron chi connectivity index (χ1n) is 5.76. The van der Waals surface area contributed by atoms with Crippen molar-refractivity contribution in [2.75, 3.05) is 6.61 Å². The van der Waals surface area contributed by atoms with E-state index in [1.165, 1.54) is 0 Å². The van der Waals surface area contributed by atoms with E-state index in [2.05, 4.69) is 35.2 Å². The van der Waals surface area contributed by atoms with Crippen LogP contribution in [-0.2, 0) is 16.8 Å². The van der Waals surface area contributed by atoms with E-state index in [-0.39, 0.29) is 12.0 Å². The van der Waals surface area contributed by atoms with Gasteiger partial charge in [-0.3, -0.25) is 5.26 Å². The molecule has 0 spiro atoms. The molecule has 0 bridgehead atoms. The molecule has 1 aromatic carbocycles. The quantitative estimate of drug-likeness (QED) is 0.656. The van der Waals surface area contributed by atoms with Gasteiger partial charge in [0.15, 0.2) is 0 Å². The van der Waals surface area contributed by atoms with Crippen LogP contribution < -0.4 is 0 Å². The lowest BCUT2D eigenvalue weighted by Crippen LogP contribution is -2.20. The average molecular weight is 234 g/mol. The Morgan fingerprint density at radius 2 is 2.00 bits per heavy atom. The number of para-hydroxylation sites is 2. The van der Waals surface area contributed by atoms with Gasteiger partial charge in [0.05, 0.1) is 24.2 Å². The molecule has 2 rings (SSSR count). The molecule has 4 heteroatoms. The Balaban J connectivity index is 2.57. The fraction of sp³-hybridized carbons (Fsp3) is 0.462.